The van der Waals surface area contributed by atoms with E-state index >= 15 is 0 Å². The van der Waals surface area contributed by atoms with Gasteiger partial charge in [-0.3, -0.25) is 0 Å². The third-order valence-electron chi connectivity index (χ3n) is 2.92. The van der Waals surface area contributed by atoms with E-state index in [-0.39, 0.29) is 12.6 Å². The molecule has 0 spiro atoms. The molecule has 0 aliphatic carbocycles. The summed E-state index contributed by atoms with van der Waals surface area (Å²) in [5.41, 5.74) is 5.81. The highest BCUT2D eigenvalue weighted by Crippen LogP contribution is 2.25. The average Bonchev–Trinajstić information content (AvgIpc) is 2.34. The van der Waals surface area contributed by atoms with E-state index < -0.39 is 30.5 Å². The molecular weight excluding hydrogens is 361 g/mol. The molecule has 1 aliphatic rings. The normalized spacial score (nSPS) is 40.2. The van der Waals surface area contributed by atoms with Crippen LogP contribution in [0.3, 0.4) is 0 Å². The zero-order valence-electron chi connectivity index (χ0n) is 9.40. The number of ether oxygens (including phenoxy) is 1. The highest BCUT2D eigenvalue weighted by molar-refractivity contribution is 14.2. The van der Waals surface area contributed by atoms with Gasteiger partial charge in [0.25, 0.3) is 0 Å². The lowest BCUT2D eigenvalue weighted by Crippen LogP contribution is -2.62. The molecular formula is C9H18INO5S. The minimum Gasteiger partial charge on any atom is -0.388 e. The van der Waals surface area contributed by atoms with Crippen molar-refractivity contribution in [2.75, 3.05) is 6.61 Å². The molecule has 0 amide bonds. The van der Waals surface area contributed by atoms with Gasteiger partial charge in [0.05, 0.1) is 15.8 Å². The van der Waals surface area contributed by atoms with Crippen LogP contribution in [0.4, 0.5) is 0 Å². The summed E-state index contributed by atoms with van der Waals surface area (Å²) < 4.78 is 10.6. The van der Waals surface area contributed by atoms with Gasteiger partial charge in [0.1, 0.15) is 30.5 Å². The summed E-state index contributed by atoms with van der Waals surface area (Å²) in [6.07, 6.45) is -4.37. The maximum Gasteiger partial charge on any atom is 0.111 e. The lowest BCUT2D eigenvalue weighted by atomic mass is 9.91. The second kappa shape index (κ2) is 7.43. The van der Waals surface area contributed by atoms with Crippen LogP contribution < -0.4 is 5.73 Å². The number of hydrogen-bond acceptors (Lipinski definition) is 7. The average molecular weight is 379 g/mol. The van der Waals surface area contributed by atoms with Gasteiger partial charge in [-0.1, -0.05) is 6.92 Å². The van der Waals surface area contributed by atoms with Gasteiger partial charge in [0.15, 0.2) is 0 Å². The Morgan fingerprint density at radius 3 is 2.53 bits per heavy atom. The van der Waals surface area contributed by atoms with Crippen molar-refractivity contribution in [3.63, 3.8) is 0 Å². The van der Waals surface area contributed by atoms with Crippen molar-refractivity contribution in [2.24, 2.45) is 5.73 Å². The molecule has 1 fully saturated rings. The molecule has 1 rings (SSSR count). The maximum absolute atomic E-state index is 9.79. The Labute approximate surface area is 117 Å². The van der Waals surface area contributed by atoms with Crippen LogP contribution in [-0.2, 0) is 8.92 Å². The molecule has 0 aromatic carbocycles. The molecule has 8 heteroatoms. The van der Waals surface area contributed by atoms with Gasteiger partial charge in [-0.2, -0.15) is 0 Å². The van der Waals surface area contributed by atoms with E-state index in [9.17, 15) is 15.3 Å². The summed E-state index contributed by atoms with van der Waals surface area (Å²) in [4.78, 5) is 0. The van der Waals surface area contributed by atoms with Gasteiger partial charge in [0.2, 0.25) is 0 Å². The molecule has 0 bridgehead atoms. The summed E-state index contributed by atoms with van der Waals surface area (Å²) in [7, 11) is 1.12. The van der Waals surface area contributed by atoms with Crippen LogP contribution in [0.1, 0.15) is 13.3 Å². The summed E-state index contributed by atoms with van der Waals surface area (Å²) in [6, 6.07) is -0.387. The number of aliphatic hydroxyl groups excluding tert-OH is 3. The molecule has 0 aromatic heterocycles. The zero-order chi connectivity index (χ0) is 13.0. The monoisotopic (exact) mass is 379 g/mol. The summed E-state index contributed by atoms with van der Waals surface area (Å²) in [6.45, 7) is 2.00. The number of halogens is 1. The number of rotatable bonds is 5. The van der Waals surface area contributed by atoms with Crippen LogP contribution in [0.2, 0.25) is 0 Å². The summed E-state index contributed by atoms with van der Waals surface area (Å²) >= 11 is 1.95. The first-order chi connectivity index (χ1) is 8.02. The first-order valence-corrected chi connectivity index (χ1v) is 8.66. The van der Waals surface area contributed by atoms with Crippen LogP contribution in [0.5, 0.6) is 0 Å². The Balaban J connectivity index is 2.68. The molecule has 0 radical (unpaired) electrons. The minimum atomic E-state index is -1.26. The largest absolute Gasteiger partial charge is 0.388 e. The smallest absolute Gasteiger partial charge is 0.111 e. The Morgan fingerprint density at radius 1 is 1.35 bits per heavy atom. The molecule has 1 heterocycles. The van der Waals surface area contributed by atoms with E-state index in [0.717, 1.165) is 9.21 Å². The number of nitrogens with two attached hydrogens (primary N) is 1. The van der Waals surface area contributed by atoms with Gasteiger partial charge in [-0.15, -0.1) is 0 Å². The molecule has 1 aliphatic heterocycles. The second-order valence-corrected chi connectivity index (χ2v) is 5.47. The molecule has 1 saturated heterocycles. The fraction of sp³-hybridized carbons (Fsp3) is 1.00. The number of aliphatic hydroxyl groups is 3. The third-order valence-corrected chi connectivity index (χ3v) is 3.91. The van der Waals surface area contributed by atoms with Gasteiger partial charge in [-0.25, -0.2) is 0 Å². The van der Waals surface area contributed by atoms with E-state index in [0.29, 0.717) is 6.42 Å². The Kier molecular flexibility index (Phi) is 6.95. The van der Waals surface area contributed by atoms with Crippen molar-refractivity contribution in [3.05, 3.63) is 0 Å². The van der Waals surface area contributed by atoms with E-state index in [1.807, 2.05) is 28.1 Å². The van der Waals surface area contributed by atoms with Gasteiger partial charge in [-0.05, 0) is 6.42 Å². The molecule has 6 unspecified atom stereocenters. The van der Waals surface area contributed by atoms with Crippen LogP contribution in [0, 0.1) is 0 Å². The first-order valence-electron chi connectivity index (χ1n) is 5.38. The summed E-state index contributed by atoms with van der Waals surface area (Å²) in [5, 5.41) is 29.3. The fourth-order valence-electron chi connectivity index (χ4n) is 1.80. The summed E-state index contributed by atoms with van der Waals surface area (Å²) in [5.74, 6) is 0. The lowest BCUT2D eigenvalue weighted by Gasteiger charge is -2.42. The lowest BCUT2D eigenvalue weighted by molar-refractivity contribution is -0.231. The van der Waals surface area contributed by atoms with Gasteiger partial charge in [0, 0.05) is 27.2 Å². The van der Waals surface area contributed by atoms with Crippen LogP contribution >= 0.6 is 30.4 Å². The molecule has 102 valence electrons. The van der Waals surface area contributed by atoms with Crippen molar-refractivity contribution in [1.82, 2.24) is 0 Å². The highest BCUT2D eigenvalue weighted by Gasteiger charge is 2.45. The van der Waals surface area contributed by atoms with E-state index in [1.165, 1.54) is 0 Å². The second-order valence-electron chi connectivity index (χ2n) is 4.03. The SMILES string of the molecule is CCC(N)C1OC(COSI)C(O)C(O)C1O. The predicted octanol–water partition coefficient (Wildman–Crippen LogP) is -0.411. The molecule has 6 atom stereocenters. The fourth-order valence-corrected chi connectivity index (χ4v) is 2.42. The topological polar surface area (TPSA) is 105 Å². The van der Waals surface area contributed by atoms with Crippen LogP contribution in [0.15, 0.2) is 0 Å². The van der Waals surface area contributed by atoms with E-state index in [4.69, 9.17) is 14.7 Å². The molecule has 17 heavy (non-hydrogen) atoms. The molecule has 0 saturated carbocycles. The highest BCUT2D eigenvalue weighted by atomic mass is 127. The maximum atomic E-state index is 9.79. The standard InChI is InChI=1S/C9H18INO5S/c1-2-4(11)9-8(14)7(13)6(12)5(16-9)3-15-17-10/h4-9,12-14H,2-3,11H2,1H3. The molecule has 6 nitrogen and oxygen atoms in total. The van der Waals surface area contributed by atoms with Crippen LogP contribution in [0.25, 0.3) is 0 Å². The number of hydrogen-bond donors (Lipinski definition) is 4. The predicted molar refractivity (Wildman–Crippen MR) is 72.5 cm³/mol. The zero-order valence-corrected chi connectivity index (χ0v) is 12.4. The van der Waals surface area contributed by atoms with E-state index in [2.05, 4.69) is 0 Å². The van der Waals surface area contributed by atoms with E-state index in [1.54, 1.807) is 0 Å². The Morgan fingerprint density at radius 2 is 2.00 bits per heavy atom. The molecule has 5 N–H and O–H groups in total. The quantitative estimate of drug-likeness (QED) is 0.380. The minimum absolute atomic E-state index is 0.130. The van der Waals surface area contributed by atoms with Crippen molar-refractivity contribution in [1.29, 1.82) is 0 Å². The van der Waals surface area contributed by atoms with Crippen LogP contribution in [-0.4, -0.2) is 58.5 Å². The Bertz CT molecular complexity index is 237. The van der Waals surface area contributed by atoms with Gasteiger partial charge < -0.3 is 30.0 Å². The van der Waals surface area contributed by atoms with Crippen molar-refractivity contribution >= 4 is 30.4 Å². The van der Waals surface area contributed by atoms with Crippen molar-refractivity contribution in [3.8, 4) is 0 Å². The third kappa shape index (κ3) is 3.90. The van der Waals surface area contributed by atoms with Crippen molar-refractivity contribution in [2.45, 2.75) is 49.9 Å². The van der Waals surface area contributed by atoms with Gasteiger partial charge >= 0.3 is 0 Å². The van der Waals surface area contributed by atoms with Crippen molar-refractivity contribution < 1.29 is 24.2 Å². The molecule has 0 aromatic rings. The first kappa shape index (κ1) is 15.9. The Hall–Kier alpha value is 0.840.